The molecule has 0 N–H and O–H groups in total. The number of benzene rings is 4. The molecule has 0 fully saturated rings. The van der Waals surface area contributed by atoms with Crippen LogP contribution in [0.5, 0.6) is 11.5 Å². The van der Waals surface area contributed by atoms with Gasteiger partial charge < -0.3 is 0 Å². The fraction of sp³-hybridized carbons (Fsp3) is 0.286. The summed E-state index contributed by atoms with van der Waals surface area (Å²) in [5.41, 5.74) is 9.73. The summed E-state index contributed by atoms with van der Waals surface area (Å²) in [6, 6.07) is 37.3. The zero-order valence-corrected chi connectivity index (χ0v) is 31.4. The van der Waals surface area contributed by atoms with E-state index in [9.17, 15) is 0 Å². The first-order chi connectivity index (χ1) is 22.6. The molecule has 0 saturated carbocycles. The summed E-state index contributed by atoms with van der Waals surface area (Å²) < 4.78 is 12.3. The average Bonchev–Trinajstić information content (AvgIpc) is 3.29. The summed E-state index contributed by atoms with van der Waals surface area (Å²) in [6.07, 6.45) is 1.92. The molecule has 0 saturated heterocycles. The van der Waals surface area contributed by atoms with E-state index in [1.165, 1.54) is 22.3 Å². The third-order valence-corrected chi connectivity index (χ3v) is 10.8. The molecule has 248 valence electrons. The Morgan fingerprint density at radius 1 is 0.729 bits per heavy atom. The molecule has 7 rings (SSSR count). The van der Waals surface area contributed by atoms with E-state index in [4.69, 9.17) is 9.72 Å². The third kappa shape index (κ3) is 5.47. The number of ether oxygens (including phenoxy) is 1. The van der Waals surface area contributed by atoms with Crippen LogP contribution in [-0.2, 0) is 42.6 Å². The van der Waals surface area contributed by atoms with Crippen LogP contribution in [0.1, 0.15) is 77.6 Å². The van der Waals surface area contributed by atoms with Gasteiger partial charge in [0.2, 0.25) is 0 Å². The van der Waals surface area contributed by atoms with Gasteiger partial charge in [0.15, 0.2) is 0 Å². The van der Waals surface area contributed by atoms with Crippen LogP contribution in [0.25, 0.3) is 16.7 Å². The van der Waals surface area contributed by atoms with Gasteiger partial charge in [-0.3, -0.25) is 0 Å². The van der Waals surface area contributed by atoms with Gasteiger partial charge in [0.1, 0.15) is 0 Å². The standard InChI is InChI=1S/C42H42N4O.Pt/c1-40(2,3)28-20-21-43-39(24-28)46-35-15-11-10-14-33(35)42(7,8)34-19-18-31(26-38(34)46)47-32-23-29(41(4,5)6)22-30(25-32)45-27-44(9)36-16-12-13-17-37(36)45;/h10-24H,1-9H3;/q-2;. The zero-order chi connectivity index (χ0) is 34.2. The molecule has 2 aromatic heterocycles. The van der Waals surface area contributed by atoms with E-state index in [0.717, 1.165) is 37.7 Å². The van der Waals surface area contributed by atoms with Crippen LogP contribution in [-0.4, -0.2) is 14.1 Å². The molecule has 0 bridgehead atoms. The zero-order valence-electron chi connectivity index (χ0n) is 29.2. The van der Waals surface area contributed by atoms with Crippen molar-refractivity contribution >= 4 is 28.2 Å². The molecule has 5 nitrogen and oxygen atoms in total. The van der Waals surface area contributed by atoms with Gasteiger partial charge in [-0.1, -0.05) is 39.0 Å². The van der Waals surface area contributed by atoms with Crippen molar-refractivity contribution in [1.82, 2.24) is 14.1 Å². The quantitative estimate of drug-likeness (QED) is 0.166. The van der Waals surface area contributed by atoms with Crippen molar-refractivity contribution in [2.75, 3.05) is 4.90 Å². The number of imidazole rings is 1. The summed E-state index contributed by atoms with van der Waals surface area (Å²) in [4.78, 5) is 7.15. The van der Waals surface area contributed by atoms with Gasteiger partial charge in [-0.15, -0.1) is 0 Å². The summed E-state index contributed by atoms with van der Waals surface area (Å²) >= 11 is 2.40. The fourth-order valence-electron chi connectivity index (χ4n) is 6.66. The molecule has 0 amide bonds. The molecule has 0 spiro atoms. The van der Waals surface area contributed by atoms with Crippen molar-refractivity contribution < 1.29 is 24.1 Å². The second-order valence-corrected chi connectivity index (χ2v) is 16.3. The first kappa shape index (κ1) is 32.3. The molecular formula is C42H42N4OPt-2. The summed E-state index contributed by atoms with van der Waals surface area (Å²) in [6.45, 7) is 18.0. The Balaban J connectivity index is 1.38. The molecule has 48 heavy (non-hydrogen) atoms. The molecular weight excluding hydrogens is 772 g/mol. The molecule has 0 radical (unpaired) electrons. The average molecular weight is 814 g/mol. The van der Waals surface area contributed by atoms with E-state index >= 15 is 0 Å². The fourth-order valence-corrected chi connectivity index (χ4v) is 7.48. The predicted molar refractivity (Wildman–Crippen MR) is 192 cm³/mol. The molecule has 6 heteroatoms. The number of aryl methyl sites for hydroxylation is 1. The molecule has 6 aromatic rings. The van der Waals surface area contributed by atoms with E-state index in [1.54, 1.807) is 0 Å². The number of aromatic nitrogens is 3. The summed E-state index contributed by atoms with van der Waals surface area (Å²) in [7, 11) is 2.10. The molecule has 4 aromatic carbocycles. The Bertz CT molecular complexity index is 2260. The van der Waals surface area contributed by atoms with Crippen LogP contribution < -0.4 is 9.64 Å². The topological polar surface area (TPSA) is 35.2 Å². The van der Waals surface area contributed by atoms with Gasteiger partial charge in [0, 0.05) is 6.20 Å². The van der Waals surface area contributed by atoms with Crippen molar-refractivity contribution in [1.29, 1.82) is 0 Å². The second kappa shape index (κ2) is 11.4. The van der Waals surface area contributed by atoms with Crippen LogP contribution in [0.3, 0.4) is 0 Å². The van der Waals surface area contributed by atoms with Gasteiger partial charge in [0.05, 0.1) is 0 Å². The molecule has 1 aliphatic rings. The first-order valence-corrected chi connectivity index (χ1v) is 17.6. The van der Waals surface area contributed by atoms with Crippen LogP contribution in [0.4, 0.5) is 17.2 Å². The van der Waals surface area contributed by atoms with Crippen molar-refractivity contribution in [2.45, 2.75) is 71.6 Å². The minimum atomic E-state index is -0.244. The second-order valence-electron chi connectivity index (χ2n) is 15.3. The number of hydrogen-bond donors (Lipinski definition) is 0. The Morgan fingerprint density at radius 3 is 2.15 bits per heavy atom. The third-order valence-electron chi connectivity index (χ3n) is 9.52. The number of pyridine rings is 1. The van der Waals surface area contributed by atoms with E-state index in [-0.39, 0.29) is 16.2 Å². The Labute approximate surface area is 295 Å². The normalized spacial score (nSPS) is 14.2. The van der Waals surface area contributed by atoms with Crippen molar-refractivity contribution in [3.63, 3.8) is 0 Å². The van der Waals surface area contributed by atoms with Crippen LogP contribution >= 0.6 is 0 Å². The molecule has 3 heterocycles. The predicted octanol–water partition coefficient (Wildman–Crippen LogP) is 10.5. The maximum absolute atomic E-state index is 6.74. The molecule has 0 atom stereocenters. The number of rotatable bonds is 4. The number of para-hydroxylation sites is 3. The Morgan fingerprint density at radius 2 is 1.42 bits per heavy atom. The Hall–Kier alpha value is -4.21. The van der Waals surface area contributed by atoms with Crippen LogP contribution in [0, 0.1) is 15.9 Å². The number of hydrogen-bond acceptors (Lipinski definition) is 3. The van der Waals surface area contributed by atoms with Crippen LogP contribution in [0.15, 0.2) is 91.1 Å². The number of nitrogens with zero attached hydrogens (tertiary/aromatic N) is 4. The van der Waals surface area contributed by atoms with Crippen molar-refractivity contribution in [2.24, 2.45) is 7.05 Å². The van der Waals surface area contributed by atoms with E-state index in [1.807, 2.05) is 12.3 Å². The number of fused-ring (bicyclic) bond motifs is 3. The maximum atomic E-state index is 6.74. The van der Waals surface area contributed by atoms with E-state index < -0.39 is 0 Å². The van der Waals surface area contributed by atoms with Crippen LogP contribution in [0.2, 0.25) is 0 Å². The van der Waals surface area contributed by atoms with Gasteiger partial charge in [0.25, 0.3) is 0 Å². The Kier molecular flexibility index (Phi) is 7.71. The van der Waals surface area contributed by atoms with Crippen molar-refractivity contribution in [3.8, 4) is 17.2 Å². The monoisotopic (exact) mass is 813 g/mol. The molecule has 1 aliphatic heterocycles. The first-order valence-electron chi connectivity index (χ1n) is 16.5. The van der Waals surface area contributed by atoms with Gasteiger partial charge >= 0.3 is 234 Å². The van der Waals surface area contributed by atoms with Gasteiger partial charge in [-0.25, -0.2) is 0 Å². The van der Waals surface area contributed by atoms with Crippen molar-refractivity contribution in [3.05, 3.63) is 129 Å². The van der Waals surface area contributed by atoms with Gasteiger partial charge in [-0.05, 0) is 17.0 Å². The summed E-state index contributed by atoms with van der Waals surface area (Å²) in [5, 5.41) is 0. The number of anilines is 3. The summed E-state index contributed by atoms with van der Waals surface area (Å²) in [5.74, 6) is 2.15. The molecule has 0 aliphatic carbocycles. The van der Waals surface area contributed by atoms with E-state index in [0.29, 0.717) is 11.5 Å². The minimum absolute atomic E-state index is 0.0185. The molecule has 0 unspecified atom stereocenters. The SMILES string of the molecule is Cn1[c](=[Pt])n(-c2[c-]c(Oc3[c-]c4c(cc3)C(C)(C)c3ccccc3N4c3cc(C(C)(C)C)ccn3)cc(C(C)(C)C)c2)c2ccccc21. The van der Waals surface area contributed by atoms with E-state index in [2.05, 4.69) is 187 Å². The van der Waals surface area contributed by atoms with Gasteiger partial charge in [-0.2, -0.15) is 0 Å².